The lowest BCUT2D eigenvalue weighted by atomic mass is 10.1. The molecule has 0 aliphatic rings. The van der Waals surface area contributed by atoms with Gasteiger partial charge >= 0.3 is 0 Å². The van der Waals surface area contributed by atoms with Crippen molar-refractivity contribution in [2.45, 2.75) is 20.3 Å². The quantitative estimate of drug-likeness (QED) is 0.846. The fourth-order valence-corrected chi connectivity index (χ4v) is 1.82. The molecule has 0 aliphatic carbocycles. The van der Waals surface area contributed by atoms with E-state index in [4.69, 9.17) is 4.74 Å². The molecule has 1 aromatic carbocycles. The zero-order chi connectivity index (χ0) is 14.4. The lowest BCUT2D eigenvalue weighted by Crippen LogP contribution is -2.09. The topological polar surface area (TPSA) is 67.3 Å². The van der Waals surface area contributed by atoms with Gasteiger partial charge in [0, 0.05) is 18.3 Å². The Morgan fingerprint density at radius 2 is 1.95 bits per heavy atom. The molecule has 106 valence electrons. The summed E-state index contributed by atoms with van der Waals surface area (Å²) in [5.74, 6) is 1.45. The third kappa shape index (κ3) is 4.12. The number of aryl methyl sites for hydroxylation is 1. The van der Waals surface area contributed by atoms with Crippen LogP contribution in [0.1, 0.15) is 18.2 Å². The van der Waals surface area contributed by atoms with E-state index in [-0.39, 0.29) is 5.75 Å². The van der Waals surface area contributed by atoms with E-state index in [9.17, 15) is 5.11 Å². The molecule has 5 nitrogen and oxygen atoms in total. The number of anilines is 1. The summed E-state index contributed by atoms with van der Waals surface area (Å²) in [6, 6.07) is 8.99. The van der Waals surface area contributed by atoms with Crippen LogP contribution in [0.4, 0.5) is 5.95 Å². The number of rotatable bonds is 6. The maximum atomic E-state index is 9.22. The van der Waals surface area contributed by atoms with Gasteiger partial charge in [0.25, 0.3) is 0 Å². The minimum absolute atomic E-state index is 0.282. The van der Waals surface area contributed by atoms with Gasteiger partial charge in [0.15, 0.2) is 0 Å². The van der Waals surface area contributed by atoms with Gasteiger partial charge in [-0.05, 0) is 38.0 Å². The van der Waals surface area contributed by atoms with Gasteiger partial charge in [0.2, 0.25) is 11.8 Å². The van der Waals surface area contributed by atoms with Crippen molar-refractivity contribution >= 4 is 5.95 Å². The molecular weight excluding hydrogens is 254 g/mol. The van der Waals surface area contributed by atoms with E-state index >= 15 is 0 Å². The monoisotopic (exact) mass is 273 g/mol. The molecule has 0 saturated carbocycles. The number of aromatic hydroxyl groups is 1. The number of aromatic nitrogens is 2. The average molecular weight is 273 g/mol. The number of ether oxygens (including phenoxy) is 1. The van der Waals surface area contributed by atoms with Crippen LogP contribution in [0.3, 0.4) is 0 Å². The van der Waals surface area contributed by atoms with Crippen molar-refractivity contribution in [3.63, 3.8) is 0 Å². The van der Waals surface area contributed by atoms with E-state index in [1.165, 1.54) is 0 Å². The van der Waals surface area contributed by atoms with Crippen LogP contribution in [0.25, 0.3) is 0 Å². The SMILES string of the molecule is CCOc1cc(C)nc(NCCc2ccc(O)cc2)n1. The molecule has 0 unspecified atom stereocenters. The summed E-state index contributed by atoms with van der Waals surface area (Å²) in [7, 11) is 0. The first kappa shape index (κ1) is 14.1. The molecule has 5 heteroatoms. The van der Waals surface area contributed by atoms with Gasteiger partial charge in [-0.3, -0.25) is 0 Å². The van der Waals surface area contributed by atoms with Crippen LogP contribution in [-0.2, 0) is 6.42 Å². The highest BCUT2D eigenvalue weighted by Gasteiger charge is 2.02. The highest BCUT2D eigenvalue weighted by Crippen LogP contribution is 2.13. The molecule has 1 heterocycles. The van der Waals surface area contributed by atoms with Crippen LogP contribution in [0.15, 0.2) is 30.3 Å². The Hall–Kier alpha value is -2.30. The summed E-state index contributed by atoms with van der Waals surface area (Å²) in [6.45, 7) is 5.15. The Morgan fingerprint density at radius 1 is 1.20 bits per heavy atom. The van der Waals surface area contributed by atoms with Crippen LogP contribution in [0, 0.1) is 6.92 Å². The number of benzene rings is 1. The predicted molar refractivity (Wildman–Crippen MR) is 78.2 cm³/mol. The van der Waals surface area contributed by atoms with Crippen LogP contribution in [0.5, 0.6) is 11.6 Å². The fourth-order valence-electron chi connectivity index (χ4n) is 1.82. The lowest BCUT2D eigenvalue weighted by Gasteiger charge is -2.08. The van der Waals surface area contributed by atoms with Crippen molar-refractivity contribution in [2.24, 2.45) is 0 Å². The number of phenolic OH excluding ortho intramolecular Hbond substituents is 1. The highest BCUT2D eigenvalue weighted by molar-refractivity contribution is 5.31. The van der Waals surface area contributed by atoms with E-state index in [2.05, 4.69) is 15.3 Å². The molecule has 0 aliphatic heterocycles. The molecule has 0 fully saturated rings. The van der Waals surface area contributed by atoms with Gasteiger partial charge in [0.1, 0.15) is 5.75 Å². The number of hydrogen-bond acceptors (Lipinski definition) is 5. The van der Waals surface area contributed by atoms with Crippen molar-refractivity contribution < 1.29 is 9.84 Å². The third-order valence-electron chi connectivity index (χ3n) is 2.76. The summed E-state index contributed by atoms with van der Waals surface area (Å²) in [5, 5.41) is 12.4. The first-order valence-corrected chi connectivity index (χ1v) is 6.67. The van der Waals surface area contributed by atoms with E-state index in [0.717, 1.165) is 24.2 Å². The molecule has 0 atom stereocenters. The minimum Gasteiger partial charge on any atom is -0.508 e. The molecule has 2 N–H and O–H groups in total. The van der Waals surface area contributed by atoms with E-state index < -0.39 is 0 Å². The lowest BCUT2D eigenvalue weighted by molar-refractivity contribution is 0.326. The minimum atomic E-state index is 0.282. The summed E-state index contributed by atoms with van der Waals surface area (Å²) in [4.78, 5) is 8.60. The molecule has 0 saturated heterocycles. The Bertz CT molecular complexity index is 556. The third-order valence-corrected chi connectivity index (χ3v) is 2.76. The van der Waals surface area contributed by atoms with E-state index in [1.807, 2.05) is 32.0 Å². The second-order valence-corrected chi connectivity index (χ2v) is 4.45. The fraction of sp³-hybridized carbons (Fsp3) is 0.333. The number of hydrogen-bond donors (Lipinski definition) is 2. The first-order valence-electron chi connectivity index (χ1n) is 6.67. The molecule has 0 radical (unpaired) electrons. The van der Waals surface area contributed by atoms with Gasteiger partial charge in [-0.25, -0.2) is 4.98 Å². The van der Waals surface area contributed by atoms with Crippen molar-refractivity contribution in [3.05, 3.63) is 41.6 Å². The van der Waals surface area contributed by atoms with Gasteiger partial charge in [-0.2, -0.15) is 4.98 Å². The summed E-state index contributed by atoms with van der Waals surface area (Å²) >= 11 is 0. The van der Waals surface area contributed by atoms with Crippen molar-refractivity contribution in [3.8, 4) is 11.6 Å². The molecule has 20 heavy (non-hydrogen) atoms. The zero-order valence-corrected chi connectivity index (χ0v) is 11.8. The number of nitrogens with one attached hydrogen (secondary N) is 1. The van der Waals surface area contributed by atoms with Gasteiger partial charge in [0.05, 0.1) is 6.61 Å². The number of nitrogens with zero attached hydrogens (tertiary/aromatic N) is 2. The van der Waals surface area contributed by atoms with Crippen LogP contribution >= 0.6 is 0 Å². The maximum absolute atomic E-state index is 9.22. The van der Waals surface area contributed by atoms with Crippen LogP contribution in [0.2, 0.25) is 0 Å². The van der Waals surface area contributed by atoms with Crippen LogP contribution in [-0.4, -0.2) is 28.2 Å². The standard InChI is InChI=1S/C15H19N3O2/c1-3-20-14-10-11(2)17-15(18-14)16-9-8-12-4-6-13(19)7-5-12/h4-7,10,19H,3,8-9H2,1-2H3,(H,16,17,18). The summed E-state index contributed by atoms with van der Waals surface area (Å²) < 4.78 is 5.39. The summed E-state index contributed by atoms with van der Waals surface area (Å²) in [6.07, 6.45) is 0.835. The Labute approximate surface area is 118 Å². The molecule has 2 rings (SSSR count). The van der Waals surface area contributed by atoms with Crippen molar-refractivity contribution in [1.82, 2.24) is 9.97 Å². The normalized spacial score (nSPS) is 10.3. The van der Waals surface area contributed by atoms with Crippen molar-refractivity contribution in [1.29, 1.82) is 0 Å². The average Bonchev–Trinajstić information content (AvgIpc) is 2.41. The van der Waals surface area contributed by atoms with Gasteiger partial charge < -0.3 is 15.2 Å². The molecule has 1 aromatic heterocycles. The predicted octanol–water partition coefficient (Wildman–Crippen LogP) is 2.54. The first-order chi connectivity index (χ1) is 9.67. The second kappa shape index (κ2) is 6.75. The van der Waals surface area contributed by atoms with Gasteiger partial charge in [-0.15, -0.1) is 0 Å². The molecule has 0 spiro atoms. The maximum Gasteiger partial charge on any atom is 0.226 e. The second-order valence-electron chi connectivity index (χ2n) is 4.45. The van der Waals surface area contributed by atoms with Crippen molar-refractivity contribution in [2.75, 3.05) is 18.5 Å². The number of phenols is 1. The molecular formula is C15H19N3O2. The van der Waals surface area contributed by atoms with E-state index in [0.29, 0.717) is 18.4 Å². The smallest absolute Gasteiger partial charge is 0.226 e. The van der Waals surface area contributed by atoms with Crippen LogP contribution < -0.4 is 10.1 Å². The Kier molecular flexibility index (Phi) is 4.76. The largest absolute Gasteiger partial charge is 0.508 e. The zero-order valence-electron chi connectivity index (χ0n) is 11.8. The Morgan fingerprint density at radius 3 is 2.65 bits per heavy atom. The van der Waals surface area contributed by atoms with E-state index in [1.54, 1.807) is 12.1 Å². The summed E-state index contributed by atoms with van der Waals surface area (Å²) in [5.41, 5.74) is 2.02. The molecule has 0 bridgehead atoms. The Balaban J connectivity index is 1.91. The highest BCUT2D eigenvalue weighted by atomic mass is 16.5. The van der Waals surface area contributed by atoms with Gasteiger partial charge in [-0.1, -0.05) is 12.1 Å². The molecule has 0 amide bonds. The molecule has 2 aromatic rings.